The second kappa shape index (κ2) is 8.98. The van der Waals surface area contributed by atoms with Gasteiger partial charge in [-0.1, -0.05) is 31.2 Å². The molecule has 8 nitrogen and oxygen atoms in total. The van der Waals surface area contributed by atoms with Crippen molar-refractivity contribution in [1.29, 1.82) is 5.41 Å². The number of carbonyl (C=O) groups excluding carboxylic acids is 2. The summed E-state index contributed by atoms with van der Waals surface area (Å²) in [7, 11) is 0. The molecular weight excluding hydrogens is 480 g/mol. The van der Waals surface area contributed by atoms with Gasteiger partial charge < -0.3 is 20.5 Å². The number of benzene rings is 2. The first-order chi connectivity index (χ1) is 18.2. The normalized spacial score (nSPS) is 31.1. The molecule has 4 atom stereocenters. The summed E-state index contributed by atoms with van der Waals surface area (Å²) in [5, 5.41) is 26.5. The molecule has 2 aromatic rings. The summed E-state index contributed by atoms with van der Waals surface area (Å²) in [6, 6.07) is 10.4. The third kappa shape index (κ3) is 4.07. The number of carbonyl (C=O) groups is 2. The first-order valence-electron chi connectivity index (χ1n) is 13.5. The molecular formula is C30H34N4O4. The van der Waals surface area contributed by atoms with Crippen LogP contribution in [-0.2, 0) is 11.2 Å². The second-order valence-corrected chi connectivity index (χ2v) is 11.3. The highest BCUT2D eigenvalue weighted by molar-refractivity contribution is 6.00. The molecule has 38 heavy (non-hydrogen) atoms. The van der Waals surface area contributed by atoms with Gasteiger partial charge >= 0.3 is 0 Å². The Kier molecular flexibility index (Phi) is 5.83. The zero-order chi connectivity index (χ0) is 26.7. The van der Waals surface area contributed by atoms with E-state index in [0.29, 0.717) is 37.2 Å². The van der Waals surface area contributed by atoms with Crippen LogP contribution in [0.25, 0.3) is 6.08 Å². The molecule has 6 bridgehead atoms. The van der Waals surface area contributed by atoms with Crippen LogP contribution in [0.15, 0.2) is 42.5 Å². The molecule has 198 valence electrons. The Morgan fingerprint density at radius 2 is 2.00 bits per heavy atom. The third-order valence-electron chi connectivity index (χ3n) is 8.68. The van der Waals surface area contributed by atoms with Crippen molar-refractivity contribution in [3.8, 4) is 5.75 Å². The van der Waals surface area contributed by atoms with E-state index in [1.54, 1.807) is 25.1 Å². The van der Waals surface area contributed by atoms with E-state index < -0.39 is 23.2 Å². The maximum absolute atomic E-state index is 13.6. The predicted octanol–water partition coefficient (Wildman–Crippen LogP) is 4.00. The molecule has 0 spiro atoms. The third-order valence-corrected chi connectivity index (χ3v) is 8.68. The molecule has 4 heterocycles. The van der Waals surface area contributed by atoms with Crippen LogP contribution in [0, 0.1) is 5.41 Å². The molecule has 8 heteroatoms. The quantitative estimate of drug-likeness (QED) is 0.459. The Bertz CT molecular complexity index is 1350. The Hall–Kier alpha value is -3.65. The number of nitrogens with one attached hydrogen (secondary N) is 3. The van der Waals surface area contributed by atoms with Crippen LogP contribution in [-0.4, -0.2) is 45.5 Å². The number of amides is 2. The van der Waals surface area contributed by atoms with E-state index in [9.17, 15) is 14.7 Å². The molecule has 0 unspecified atom stereocenters. The maximum Gasteiger partial charge on any atom is 0.251 e. The van der Waals surface area contributed by atoms with Gasteiger partial charge in [-0.15, -0.1) is 0 Å². The summed E-state index contributed by atoms with van der Waals surface area (Å²) in [6.45, 7) is 4.24. The van der Waals surface area contributed by atoms with E-state index in [1.807, 2.05) is 24.3 Å². The monoisotopic (exact) mass is 514 g/mol. The largest absolute Gasteiger partial charge is 0.493 e. The number of hydrogen-bond donors (Lipinski definition) is 4. The molecule has 0 aromatic heterocycles. The lowest BCUT2D eigenvalue weighted by Crippen LogP contribution is -2.63. The summed E-state index contributed by atoms with van der Waals surface area (Å²) >= 11 is 0. The van der Waals surface area contributed by atoms with Crippen LogP contribution in [0.1, 0.15) is 90.6 Å². The lowest BCUT2D eigenvalue weighted by Gasteiger charge is -2.46. The number of guanidine groups is 1. The average Bonchev–Trinajstić information content (AvgIpc) is 3.14. The van der Waals surface area contributed by atoms with Gasteiger partial charge in [-0.2, -0.15) is 0 Å². The number of rotatable bonds is 1. The molecule has 2 aromatic carbocycles. The Labute approximate surface area is 222 Å². The number of ether oxygens (including phenoxy) is 1. The smallest absolute Gasteiger partial charge is 0.251 e. The van der Waals surface area contributed by atoms with Crippen molar-refractivity contribution in [2.24, 2.45) is 0 Å². The van der Waals surface area contributed by atoms with Crippen molar-refractivity contribution in [2.45, 2.75) is 75.6 Å². The zero-order valence-corrected chi connectivity index (χ0v) is 21.8. The van der Waals surface area contributed by atoms with E-state index in [-0.39, 0.29) is 17.8 Å². The molecule has 2 amide bonds. The standard InChI is InChI=1S/C30H34N4O4/c1-3-30-12-5-4-6-18-7-8-20-16-29(2,37)26(21(20)14-18)32-27(36)19-9-10-24-22(15-19)23(11-13-38-24)34(25(35)17-30)28(31)33-30/h4,6-10,14-15,23,26,37H,3,5,11-13,16-17H2,1-2H3,(H2,31,33)(H,32,36)/b6-4-/t23-,26-,29-,30-/m1/s1. The highest BCUT2D eigenvalue weighted by atomic mass is 16.5. The Balaban J connectivity index is 1.45. The lowest BCUT2D eigenvalue weighted by molar-refractivity contribution is -0.133. The lowest BCUT2D eigenvalue weighted by atomic mass is 9.83. The molecule has 1 saturated heterocycles. The van der Waals surface area contributed by atoms with Gasteiger partial charge in [0.1, 0.15) is 5.75 Å². The molecule has 4 N–H and O–H groups in total. The van der Waals surface area contributed by atoms with Gasteiger partial charge in [-0.05, 0) is 67.1 Å². The fourth-order valence-corrected chi connectivity index (χ4v) is 6.51. The van der Waals surface area contributed by atoms with Crippen LogP contribution < -0.4 is 15.4 Å². The van der Waals surface area contributed by atoms with Crippen molar-refractivity contribution in [3.63, 3.8) is 0 Å². The van der Waals surface area contributed by atoms with Crippen LogP contribution in [0.2, 0.25) is 0 Å². The fraction of sp³-hybridized carbons (Fsp3) is 0.433. The van der Waals surface area contributed by atoms with Crippen LogP contribution >= 0.6 is 0 Å². The Morgan fingerprint density at radius 1 is 1.16 bits per heavy atom. The van der Waals surface area contributed by atoms with Crippen LogP contribution in [0.3, 0.4) is 0 Å². The number of nitrogens with zero attached hydrogens (tertiary/aromatic N) is 1. The average molecular weight is 515 g/mol. The van der Waals surface area contributed by atoms with E-state index >= 15 is 0 Å². The minimum absolute atomic E-state index is 0.0874. The van der Waals surface area contributed by atoms with Crippen LogP contribution in [0.4, 0.5) is 0 Å². The topological polar surface area (TPSA) is 115 Å². The molecule has 7 rings (SSSR count). The van der Waals surface area contributed by atoms with Gasteiger partial charge in [0.15, 0.2) is 5.96 Å². The summed E-state index contributed by atoms with van der Waals surface area (Å²) in [6.07, 6.45) is 7.66. The molecule has 5 aliphatic rings. The number of aliphatic hydroxyl groups is 1. The van der Waals surface area contributed by atoms with Gasteiger partial charge in [0, 0.05) is 29.5 Å². The first-order valence-corrected chi connectivity index (χ1v) is 13.5. The Morgan fingerprint density at radius 3 is 2.79 bits per heavy atom. The first kappa shape index (κ1) is 24.7. The van der Waals surface area contributed by atoms with E-state index in [4.69, 9.17) is 10.1 Å². The van der Waals surface area contributed by atoms with Crippen molar-refractivity contribution < 1.29 is 19.4 Å². The van der Waals surface area contributed by atoms with Crippen molar-refractivity contribution in [3.05, 3.63) is 70.3 Å². The maximum atomic E-state index is 13.6. The summed E-state index contributed by atoms with van der Waals surface area (Å²) in [5.41, 5.74) is 2.51. The van der Waals surface area contributed by atoms with Gasteiger partial charge in [-0.25, -0.2) is 0 Å². The molecule has 0 radical (unpaired) electrons. The minimum atomic E-state index is -1.12. The fourth-order valence-electron chi connectivity index (χ4n) is 6.51. The molecule has 0 saturated carbocycles. The number of allylic oxidation sites excluding steroid dienone is 1. The SMILES string of the molecule is CC[C@]12CC/C=C\c3ccc4c(c3)[C@@H](NC(=O)c3ccc5c(c3)[C@@H](CCO5)N(C(=N)N1)C(=O)C2)[C@](C)(O)C4. The van der Waals surface area contributed by atoms with Crippen molar-refractivity contribution >= 4 is 23.8 Å². The summed E-state index contributed by atoms with van der Waals surface area (Å²) < 4.78 is 5.88. The van der Waals surface area contributed by atoms with Gasteiger partial charge in [0.2, 0.25) is 5.91 Å². The highest BCUT2D eigenvalue weighted by Crippen LogP contribution is 2.42. The van der Waals surface area contributed by atoms with Gasteiger partial charge in [-0.3, -0.25) is 19.9 Å². The van der Waals surface area contributed by atoms with Crippen LogP contribution in [0.5, 0.6) is 5.75 Å². The van der Waals surface area contributed by atoms with E-state index in [1.165, 1.54) is 4.90 Å². The van der Waals surface area contributed by atoms with Gasteiger partial charge in [0.05, 0.1) is 30.7 Å². The number of fused-ring (bicyclic) bond motifs is 5. The molecule has 4 aliphatic heterocycles. The van der Waals surface area contributed by atoms with Crippen molar-refractivity contribution in [2.75, 3.05) is 6.61 Å². The van der Waals surface area contributed by atoms with E-state index in [0.717, 1.165) is 41.5 Å². The summed E-state index contributed by atoms with van der Waals surface area (Å²) in [4.78, 5) is 28.6. The summed E-state index contributed by atoms with van der Waals surface area (Å²) in [5.74, 6) is 0.326. The molecule has 1 aliphatic carbocycles. The highest BCUT2D eigenvalue weighted by Gasteiger charge is 2.45. The van der Waals surface area contributed by atoms with Gasteiger partial charge in [0.25, 0.3) is 5.91 Å². The predicted molar refractivity (Wildman–Crippen MR) is 144 cm³/mol. The molecule has 1 fully saturated rings. The minimum Gasteiger partial charge on any atom is -0.493 e. The van der Waals surface area contributed by atoms with Crippen molar-refractivity contribution in [1.82, 2.24) is 15.5 Å². The zero-order valence-electron chi connectivity index (χ0n) is 21.8. The number of hydrogen-bond acceptors (Lipinski definition) is 5. The second-order valence-electron chi connectivity index (χ2n) is 11.3. The van der Waals surface area contributed by atoms with E-state index in [2.05, 4.69) is 23.6 Å².